The van der Waals surface area contributed by atoms with Crippen LogP contribution in [0.4, 0.5) is 5.69 Å². The van der Waals surface area contributed by atoms with Gasteiger partial charge in [-0.3, -0.25) is 9.10 Å². The minimum Gasteiger partial charge on any atom is -0.382 e. The van der Waals surface area contributed by atoms with E-state index in [1.54, 1.807) is 24.3 Å². The zero-order valence-corrected chi connectivity index (χ0v) is 17.5. The summed E-state index contributed by atoms with van der Waals surface area (Å²) in [6, 6.07) is 13.6. The summed E-state index contributed by atoms with van der Waals surface area (Å²) in [5.41, 5.74) is 2.32. The zero-order valence-electron chi connectivity index (χ0n) is 16.6. The van der Waals surface area contributed by atoms with Gasteiger partial charge in [-0.1, -0.05) is 35.9 Å². The number of rotatable bonds is 10. The number of ether oxygens (including phenoxy) is 1. The van der Waals surface area contributed by atoms with E-state index in [1.807, 2.05) is 32.9 Å². The minimum absolute atomic E-state index is 0.152. The van der Waals surface area contributed by atoms with Gasteiger partial charge in [-0.2, -0.15) is 0 Å². The lowest BCUT2D eigenvalue weighted by Crippen LogP contribution is -2.41. The number of hydrogen-bond acceptors (Lipinski definition) is 4. The Morgan fingerprint density at radius 3 is 2.46 bits per heavy atom. The molecule has 0 unspecified atom stereocenters. The summed E-state index contributed by atoms with van der Waals surface area (Å²) in [5.74, 6) is -0.351. The van der Waals surface area contributed by atoms with Crippen molar-refractivity contribution >= 4 is 21.6 Å². The van der Waals surface area contributed by atoms with Crippen LogP contribution >= 0.6 is 0 Å². The van der Waals surface area contributed by atoms with E-state index in [1.165, 1.54) is 16.4 Å². The lowest BCUT2D eigenvalue weighted by molar-refractivity contribution is -0.119. The van der Waals surface area contributed by atoms with Crippen LogP contribution in [-0.2, 0) is 19.6 Å². The first-order valence-corrected chi connectivity index (χ1v) is 10.8. The Kier molecular flexibility index (Phi) is 8.02. The minimum atomic E-state index is -3.88. The van der Waals surface area contributed by atoms with Gasteiger partial charge < -0.3 is 10.1 Å². The monoisotopic (exact) mass is 404 g/mol. The number of aryl methyl sites for hydroxylation is 2. The second-order valence-electron chi connectivity index (χ2n) is 6.52. The second kappa shape index (κ2) is 10.2. The average Bonchev–Trinajstić information content (AvgIpc) is 2.67. The van der Waals surface area contributed by atoms with Crippen LogP contribution in [0.15, 0.2) is 53.4 Å². The highest BCUT2D eigenvalue weighted by Crippen LogP contribution is 2.27. The Bertz CT molecular complexity index is 883. The molecule has 7 heteroatoms. The van der Waals surface area contributed by atoms with Crippen LogP contribution in [0.25, 0.3) is 0 Å². The molecule has 0 atom stereocenters. The molecule has 0 spiro atoms. The fourth-order valence-corrected chi connectivity index (χ4v) is 4.34. The quantitative estimate of drug-likeness (QED) is 0.618. The van der Waals surface area contributed by atoms with Crippen molar-refractivity contribution in [3.8, 4) is 0 Å². The molecule has 0 saturated heterocycles. The maximum Gasteiger partial charge on any atom is 0.264 e. The SMILES string of the molecule is CCOCCCNC(=O)CN(c1ccc(C)cc1C)S(=O)(=O)c1ccccc1. The third-order valence-corrected chi connectivity index (χ3v) is 6.01. The molecule has 0 saturated carbocycles. The Hall–Kier alpha value is -2.38. The van der Waals surface area contributed by atoms with Gasteiger partial charge in [0.1, 0.15) is 6.54 Å². The number of carbonyl (C=O) groups excluding carboxylic acids is 1. The molecule has 2 aromatic carbocycles. The molecule has 0 aliphatic rings. The van der Waals surface area contributed by atoms with Crippen molar-refractivity contribution in [2.45, 2.75) is 32.1 Å². The smallest absolute Gasteiger partial charge is 0.264 e. The van der Waals surface area contributed by atoms with Crippen molar-refractivity contribution in [3.05, 3.63) is 59.7 Å². The van der Waals surface area contributed by atoms with Crippen molar-refractivity contribution in [1.29, 1.82) is 0 Å². The van der Waals surface area contributed by atoms with E-state index in [4.69, 9.17) is 4.74 Å². The van der Waals surface area contributed by atoms with Gasteiger partial charge in [0, 0.05) is 19.8 Å². The number of nitrogens with zero attached hydrogens (tertiary/aromatic N) is 1. The van der Waals surface area contributed by atoms with E-state index < -0.39 is 10.0 Å². The molecule has 0 aromatic heterocycles. The van der Waals surface area contributed by atoms with Gasteiger partial charge in [-0.25, -0.2) is 8.42 Å². The predicted octanol–water partition coefficient (Wildman–Crippen LogP) is 3.04. The first-order chi connectivity index (χ1) is 13.4. The Labute approximate surface area is 167 Å². The summed E-state index contributed by atoms with van der Waals surface area (Å²) in [6.07, 6.45) is 0.675. The third kappa shape index (κ3) is 5.81. The van der Waals surface area contributed by atoms with Crippen LogP contribution in [0.1, 0.15) is 24.5 Å². The molecular formula is C21H28N2O4S. The van der Waals surface area contributed by atoms with Crippen LogP contribution in [-0.4, -0.2) is 40.6 Å². The number of carbonyl (C=O) groups is 1. The van der Waals surface area contributed by atoms with Crippen molar-refractivity contribution in [2.75, 3.05) is 30.6 Å². The molecule has 0 aliphatic heterocycles. The maximum atomic E-state index is 13.2. The summed E-state index contributed by atoms with van der Waals surface area (Å²) < 4.78 is 32.9. The summed E-state index contributed by atoms with van der Waals surface area (Å²) >= 11 is 0. The second-order valence-corrected chi connectivity index (χ2v) is 8.38. The van der Waals surface area contributed by atoms with E-state index in [2.05, 4.69) is 5.32 Å². The van der Waals surface area contributed by atoms with Gasteiger partial charge in [0.25, 0.3) is 10.0 Å². The van der Waals surface area contributed by atoms with E-state index in [-0.39, 0.29) is 17.3 Å². The first kappa shape index (κ1) is 21.9. The van der Waals surface area contributed by atoms with Gasteiger partial charge in [-0.15, -0.1) is 0 Å². The molecule has 1 amide bonds. The van der Waals surface area contributed by atoms with Crippen LogP contribution in [0.2, 0.25) is 0 Å². The summed E-state index contributed by atoms with van der Waals surface area (Å²) in [4.78, 5) is 12.6. The normalized spacial score (nSPS) is 11.2. The van der Waals surface area contributed by atoms with Crippen molar-refractivity contribution in [1.82, 2.24) is 5.32 Å². The first-order valence-electron chi connectivity index (χ1n) is 9.35. The molecule has 6 nitrogen and oxygen atoms in total. The Morgan fingerprint density at radius 1 is 1.11 bits per heavy atom. The standard InChI is InChI=1S/C21H28N2O4S/c1-4-27-14-8-13-22-21(24)16-23(20-12-11-17(2)15-18(20)3)28(25,26)19-9-6-5-7-10-19/h5-7,9-12,15H,4,8,13-14,16H2,1-3H3,(H,22,24). The highest BCUT2D eigenvalue weighted by molar-refractivity contribution is 7.92. The molecule has 1 N–H and O–H groups in total. The van der Waals surface area contributed by atoms with Crippen LogP contribution in [0, 0.1) is 13.8 Å². The van der Waals surface area contributed by atoms with E-state index in [0.717, 1.165) is 11.1 Å². The predicted molar refractivity (Wildman–Crippen MR) is 111 cm³/mol. The molecule has 152 valence electrons. The van der Waals surface area contributed by atoms with Gasteiger partial charge in [-0.05, 0) is 51.0 Å². The third-order valence-electron chi connectivity index (χ3n) is 4.23. The number of hydrogen-bond donors (Lipinski definition) is 1. The molecule has 2 rings (SSSR count). The van der Waals surface area contributed by atoms with E-state index in [0.29, 0.717) is 31.9 Å². The highest BCUT2D eigenvalue weighted by atomic mass is 32.2. The van der Waals surface area contributed by atoms with Gasteiger partial charge in [0.05, 0.1) is 10.6 Å². The van der Waals surface area contributed by atoms with E-state index in [9.17, 15) is 13.2 Å². The van der Waals surface area contributed by atoms with E-state index >= 15 is 0 Å². The molecule has 0 fully saturated rings. The summed E-state index contributed by atoms with van der Waals surface area (Å²) in [6.45, 7) is 7.03. The Morgan fingerprint density at radius 2 is 1.82 bits per heavy atom. The maximum absolute atomic E-state index is 13.2. The highest BCUT2D eigenvalue weighted by Gasteiger charge is 2.28. The molecule has 0 aliphatic carbocycles. The number of nitrogens with one attached hydrogen (secondary N) is 1. The van der Waals surface area contributed by atoms with Crippen LogP contribution in [0.3, 0.4) is 0 Å². The van der Waals surface area contributed by atoms with Crippen molar-refractivity contribution < 1.29 is 17.9 Å². The lowest BCUT2D eigenvalue weighted by Gasteiger charge is -2.26. The topological polar surface area (TPSA) is 75.7 Å². The average molecular weight is 405 g/mol. The summed E-state index contributed by atoms with van der Waals surface area (Å²) in [5, 5.41) is 2.77. The Balaban J connectivity index is 2.26. The summed E-state index contributed by atoms with van der Waals surface area (Å²) in [7, 11) is -3.88. The van der Waals surface area contributed by atoms with Crippen LogP contribution in [0.5, 0.6) is 0 Å². The molecule has 0 heterocycles. The zero-order chi connectivity index (χ0) is 20.6. The fourth-order valence-electron chi connectivity index (χ4n) is 2.84. The van der Waals surface area contributed by atoms with Crippen molar-refractivity contribution in [3.63, 3.8) is 0 Å². The van der Waals surface area contributed by atoms with Crippen molar-refractivity contribution in [2.24, 2.45) is 0 Å². The lowest BCUT2D eigenvalue weighted by atomic mass is 10.1. The van der Waals surface area contributed by atoms with Gasteiger partial charge in [0.2, 0.25) is 5.91 Å². The largest absolute Gasteiger partial charge is 0.382 e. The fraction of sp³-hybridized carbons (Fsp3) is 0.381. The van der Waals surface area contributed by atoms with Crippen LogP contribution < -0.4 is 9.62 Å². The number of benzene rings is 2. The van der Waals surface area contributed by atoms with Gasteiger partial charge in [0.15, 0.2) is 0 Å². The number of anilines is 1. The number of amides is 1. The van der Waals surface area contributed by atoms with Gasteiger partial charge >= 0.3 is 0 Å². The molecule has 28 heavy (non-hydrogen) atoms. The molecular weight excluding hydrogens is 376 g/mol. The molecule has 2 aromatic rings. The number of sulfonamides is 1. The molecule has 0 bridgehead atoms. The molecule has 0 radical (unpaired) electrons.